The van der Waals surface area contributed by atoms with Crippen LogP contribution in [0.25, 0.3) is 0 Å². The lowest BCUT2D eigenvalue weighted by Crippen LogP contribution is -2.05. The zero-order chi connectivity index (χ0) is 10.2. The summed E-state index contributed by atoms with van der Waals surface area (Å²) in [7, 11) is -3.48. The van der Waals surface area contributed by atoms with Crippen LogP contribution < -0.4 is 0 Å². The third kappa shape index (κ3) is 1.86. The van der Waals surface area contributed by atoms with Crippen molar-refractivity contribution in [3.05, 3.63) is 11.3 Å². The maximum Gasteiger partial charge on any atom is 0.339 e. The van der Waals surface area contributed by atoms with Crippen LogP contribution in [-0.2, 0) is 9.84 Å². The van der Waals surface area contributed by atoms with Crippen molar-refractivity contribution >= 4 is 27.3 Å². The zero-order valence-electron chi connectivity index (χ0n) is 6.94. The van der Waals surface area contributed by atoms with Gasteiger partial charge in [-0.2, -0.15) is 4.37 Å². The highest BCUT2D eigenvalue weighted by Gasteiger charge is 2.24. The van der Waals surface area contributed by atoms with Gasteiger partial charge in [-0.1, -0.05) is 0 Å². The van der Waals surface area contributed by atoms with Crippen molar-refractivity contribution in [1.29, 1.82) is 0 Å². The number of carbonyl (C=O) groups is 1. The van der Waals surface area contributed by atoms with Crippen molar-refractivity contribution in [2.45, 2.75) is 11.1 Å². The Kier molecular flexibility index (Phi) is 2.40. The minimum absolute atomic E-state index is 0.183. The number of hydrogen-bond acceptors (Lipinski definition) is 5. The molecule has 0 atom stereocenters. The molecule has 1 N–H and O–H groups in total. The number of hydrogen-bond donors (Lipinski definition) is 1. The quantitative estimate of drug-likeness (QED) is 0.788. The smallest absolute Gasteiger partial charge is 0.339 e. The second-order valence-corrected chi connectivity index (χ2v) is 5.49. The molecule has 1 aromatic heterocycles. The molecule has 1 heterocycles. The van der Waals surface area contributed by atoms with Crippen molar-refractivity contribution < 1.29 is 18.3 Å². The van der Waals surface area contributed by atoms with Crippen molar-refractivity contribution in [2.75, 3.05) is 6.26 Å². The summed E-state index contributed by atoms with van der Waals surface area (Å²) in [4.78, 5) is 10.7. The van der Waals surface area contributed by atoms with Crippen LogP contribution in [0.2, 0.25) is 0 Å². The van der Waals surface area contributed by atoms with Gasteiger partial charge in [0, 0.05) is 6.26 Å². The van der Waals surface area contributed by atoms with Gasteiger partial charge in [-0.25, -0.2) is 13.2 Å². The number of aryl methyl sites for hydroxylation is 1. The number of sulfone groups is 1. The standard InChI is InChI=1S/C6H7NO4S2/c1-3-4(5(8)9)6(12-7-3)13(2,10)11/h1-2H3,(H,8,9). The summed E-state index contributed by atoms with van der Waals surface area (Å²) in [5, 5.41) is 8.70. The second-order valence-electron chi connectivity index (χ2n) is 2.51. The molecule has 0 spiro atoms. The fourth-order valence-corrected chi connectivity index (χ4v) is 2.74. The number of aromatic nitrogens is 1. The average molecular weight is 221 g/mol. The molecule has 0 unspecified atom stereocenters. The highest BCUT2D eigenvalue weighted by molar-refractivity contribution is 7.92. The summed E-state index contributed by atoms with van der Waals surface area (Å²) < 4.78 is 25.7. The molecule has 0 aliphatic heterocycles. The summed E-state index contributed by atoms with van der Waals surface area (Å²) in [6, 6.07) is 0. The molecule has 72 valence electrons. The molecule has 0 radical (unpaired) electrons. The molecule has 13 heavy (non-hydrogen) atoms. The fourth-order valence-electron chi connectivity index (χ4n) is 0.844. The lowest BCUT2D eigenvalue weighted by atomic mass is 10.3. The molecular formula is C6H7NO4S2. The van der Waals surface area contributed by atoms with Crippen LogP contribution in [-0.4, -0.2) is 30.1 Å². The van der Waals surface area contributed by atoms with Crippen molar-refractivity contribution in [3.8, 4) is 0 Å². The highest BCUT2D eigenvalue weighted by atomic mass is 32.2. The van der Waals surface area contributed by atoms with E-state index in [4.69, 9.17) is 5.11 Å². The van der Waals surface area contributed by atoms with Gasteiger partial charge >= 0.3 is 5.97 Å². The fraction of sp³-hybridized carbons (Fsp3) is 0.333. The van der Waals surface area contributed by atoms with E-state index in [0.29, 0.717) is 11.5 Å². The van der Waals surface area contributed by atoms with Crippen molar-refractivity contribution in [1.82, 2.24) is 4.37 Å². The zero-order valence-corrected chi connectivity index (χ0v) is 8.57. The first-order valence-corrected chi connectivity index (χ1v) is 5.90. The van der Waals surface area contributed by atoms with Gasteiger partial charge in [0.2, 0.25) is 0 Å². The highest BCUT2D eigenvalue weighted by Crippen LogP contribution is 2.23. The van der Waals surface area contributed by atoms with E-state index < -0.39 is 15.8 Å². The largest absolute Gasteiger partial charge is 0.478 e. The van der Waals surface area contributed by atoms with Gasteiger partial charge in [0.05, 0.1) is 5.69 Å². The van der Waals surface area contributed by atoms with Gasteiger partial charge in [-0.15, -0.1) is 0 Å². The van der Waals surface area contributed by atoms with Crippen molar-refractivity contribution in [3.63, 3.8) is 0 Å². The Morgan fingerprint density at radius 2 is 2.08 bits per heavy atom. The summed E-state index contributed by atoms with van der Waals surface area (Å²) >= 11 is 0.693. The molecule has 0 aliphatic rings. The predicted molar refractivity (Wildman–Crippen MR) is 46.9 cm³/mol. The van der Waals surface area contributed by atoms with E-state index in [1.807, 2.05) is 0 Å². The molecule has 0 aliphatic carbocycles. The Balaban J connectivity index is 3.49. The number of rotatable bonds is 2. The van der Waals surface area contributed by atoms with E-state index in [2.05, 4.69) is 4.37 Å². The van der Waals surface area contributed by atoms with Gasteiger partial charge in [0.25, 0.3) is 0 Å². The van der Waals surface area contributed by atoms with Gasteiger partial charge in [-0.3, -0.25) is 0 Å². The molecule has 1 aromatic rings. The molecule has 0 bridgehead atoms. The Morgan fingerprint density at radius 3 is 2.38 bits per heavy atom. The van der Waals surface area contributed by atoms with Crippen LogP contribution in [0.3, 0.4) is 0 Å². The van der Waals surface area contributed by atoms with E-state index in [9.17, 15) is 13.2 Å². The van der Waals surface area contributed by atoms with Crippen LogP contribution in [0.1, 0.15) is 16.1 Å². The Bertz CT molecular complexity index is 445. The topological polar surface area (TPSA) is 84.3 Å². The predicted octanol–water partition coefficient (Wildman–Crippen LogP) is 0.553. The van der Waals surface area contributed by atoms with Gasteiger partial charge in [0.1, 0.15) is 5.56 Å². The Hall–Kier alpha value is -0.950. The summed E-state index contributed by atoms with van der Waals surface area (Å²) in [6.07, 6.45) is 0.965. The van der Waals surface area contributed by atoms with Crippen LogP contribution in [0.4, 0.5) is 0 Å². The Morgan fingerprint density at radius 1 is 1.54 bits per heavy atom. The first-order chi connectivity index (χ1) is 5.84. The minimum Gasteiger partial charge on any atom is -0.478 e. The molecular weight excluding hydrogens is 214 g/mol. The third-order valence-corrected chi connectivity index (χ3v) is 4.13. The van der Waals surface area contributed by atoms with Crippen molar-refractivity contribution in [2.24, 2.45) is 0 Å². The molecule has 1 rings (SSSR count). The molecule has 0 fully saturated rings. The van der Waals surface area contributed by atoms with Crippen LogP contribution in [0.5, 0.6) is 0 Å². The van der Waals surface area contributed by atoms with E-state index in [0.717, 1.165) is 6.26 Å². The minimum atomic E-state index is -3.48. The number of carboxylic acids is 1. The lowest BCUT2D eigenvalue weighted by Gasteiger charge is -1.94. The number of nitrogens with zero attached hydrogens (tertiary/aromatic N) is 1. The van der Waals surface area contributed by atoms with Crippen LogP contribution in [0.15, 0.2) is 4.21 Å². The average Bonchev–Trinajstić information content (AvgIpc) is 2.28. The summed E-state index contributed by atoms with van der Waals surface area (Å²) in [5.41, 5.74) is 0.0189. The number of carboxylic acid groups (broad SMARTS) is 1. The molecule has 7 heteroatoms. The molecule has 5 nitrogen and oxygen atoms in total. The summed E-state index contributed by atoms with van der Waals surface area (Å²) in [5.74, 6) is -1.26. The number of aromatic carboxylic acids is 1. The van der Waals surface area contributed by atoms with E-state index in [1.165, 1.54) is 6.92 Å². The second kappa shape index (κ2) is 3.08. The molecule has 0 saturated heterocycles. The first-order valence-electron chi connectivity index (χ1n) is 3.23. The summed E-state index contributed by atoms with van der Waals surface area (Å²) in [6.45, 7) is 1.47. The monoisotopic (exact) mass is 221 g/mol. The maximum atomic E-state index is 11.1. The Labute approximate surface area is 79.1 Å². The third-order valence-electron chi connectivity index (χ3n) is 1.38. The van der Waals surface area contributed by atoms with Crippen LogP contribution >= 0.6 is 11.5 Å². The first kappa shape index (κ1) is 10.1. The normalized spacial score (nSPS) is 11.5. The maximum absolute atomic E-state index is 11.1. The SMILES string of the molecule is Cc1nsc(S(C)(=O)=O)c1C(=O)O. The van der Waals surface area contributed by atoms with E-state index in [-0.39, 0.29) is 15.5 Å². The molecule has 0 aromatic carbocycles. The molecule has 0 amide bonds. The van der Waals surface area contributed by atoms with E-state index in [1.54, 1.807) is 0 Å². The lowest BCUT2D eigenvalue weighted by molar-refractivity contribution is 0.0692. The van der Waals surface area contributed by atoms with Gasteiger partial charge in [-0.05, 0) is 18.5 Å². The van der Waals surface area contributed by atoms with Gasteiger partial charge in [0.15, 0.2) is 14.0 Å². The molecule has 0 saturated carbocycles. The van der Waals surface area contributed by atoms with E-state index >= 15 is 0 Å². The van der Waals surface area contributed by atoms with Gasteiger partial charge < -0.3 is 5.11 Å². The van der Waals surface area contributed by atoms with Crippen LogP contribution in [0, 0.1) is 6.92 Å².